The first-order valence-electron chi connectivity index (χ1n) is 6.36. The Morgan fingerprint density at radius 1 is 1.42 bits per heavy atom. The number of aliphatic carboxylic acids is 1. The second-order valence-electron chi connectivity index (χ2n) is 4.66. The topological polar surface area (TPSA) is 57.6 Å². The van der Waals surface area contributed by atoms with Crippen LogP contribution in [0.2, 0.25) is 0 Å². The summed E-state index contributed by atoms with van der Waals surface area (Å²) in [6.45, 7) is 1.93. The van der Waals surface area contributed by atoms with Crippen molar-refractivity contribution in [3.05, 3.63) is 35.4 Å². The van der Waals surface area contributed by atoms with Crippen molar-refractivity contribution in [3.63, 3.8) is 0 Å². The molecule has 100 valence electrons. The van der Waals surface area contributed by atoms with E-state index in [-0.39, 0.29) is 5.91 Å². The average Bonchev–Trinajstić information content (AvgIpc) is 2.40. The predicted octanol–water partition coefficient (Wildman–Crippen LogP) is 2.47. The Labute approximate surface area is 112 Å². The van der Waals surface area contributed by atoms with Gasteiger partial charge >= 0.3 is 5.97 Å². The molecule has 1 aromatic rings. The Balaban J connectivity index is 2.41. The van der Waals surface area contributed by atoms with Gasteiger partial charge in [-0.3, -0.25) is 4.79 Å². The number of benzene rings is 1. The van der Waals surface area contributed by atoms with Crippen molar-refractivity contribution in [1.82, 2.24) is 0 Å². The number of nitrogens with zero attached hydrogens (tertiary/aromatic N) is 1. The maximum absolute atomic E-state index is 11.6. The van der Waals surface area contributed by atoms with Gasteiger partial charge in [-0.05, 0) is 41.7 Å². The fraction of sp³-hybridized carbons (Fsp3) is 0.333. The zero-order valence-electron chi connectivity index (χ0n) is 11.1. The van der Waals surface area contributed by atoms with Crippen LogP contribution in [-0.4, -0.2) is 24.0 Å². The fourth-order valence-corrected chi connectivity index (χ4v) is 2.39. The zero-order valence-corrected chi connectivity index (χ0v) is 11.1. The Hall–Kier alpha value is -2.10. The molecule has 0 bridgehead atoms. The summed E-state index contributed by atoms with van der Waals surface area (Å²) in [6, 6.07) is 5.77. The molecule has 1 aromatic carbocycles. The highest BCUT2D eigenvalue weighted by atomic mass is 16.4. The maximum Gasteiger partial charge on any atom is 0.328 e. The molecule has 1 heterocycles. The second kappa shape index (κ2) is 5.26. The van der Waals surface area contributed by atoms with Gasteiger partial charge in [0, 0.05) is 25.2 Å². The molecule has 4 nitrogen and oxygen atoms in total. The van der Waals surface area contributed by atoms with Gasteiger partial charge in [-0.25, -0.2) is 4.79 Å². The molecule has 1 aliphatic rings. The van der Waals surface area contributed by atoms with Crippen LogP contribution in [0, 0.1) is 0 Å². The average molecular weight is 259 g/mol. The van der Waals surface area contributed by atoms with E-state index >= 15 is 0 Å². The number of allylic oxidation sites excluding steroid dienone is 1. The molecule has 0 aliphatic carbocycles. The van der Waals surface area contributed by atoms with Gasteiger partial charge in [0.15, 0.2) is 0 Å². The fourth-order valence-electron chi connectivity index (χ4n) is 2.39. The van der Waals surface area contributed by atoms with Crippen LogP contribution in [0.1, 0.15) is 30.9 Å². The molecule has 0 saturated carbocycles. The molecule has 1 N–H and O–H groups in total. The molecule has 0 spiro atoms. The molecule has 4 heteroatoms. The van der Waals surface area contributed by atoms with Crippen LogP contribution in [0.15, 0.2) is 24.3 Å². The molecule has 0 fully saturated rings. The lowest BCUT2D eigenvalue weighted by molar-refractivity contribution is -0.131. The highest BCUT2D eigenvalue weighted by Crippen LogP contribution is 2.30. The van der Waals surface area contributed by atoms with Gasteiger partial charge in [0.2, 0.25) is 5.91 Å². The van der Waals surface area contributed by atoms with Crippen molar-refractivity contribution in [2.45, 2.75) is 26.2 Å². The molecule has 0 aromatic heterocycles. The Morgan fingerprint density at radius 3 is 2.79 bits per heavy atom. The van der Waals surface area contributed by atoms with Gasteiger partial charge in [0.1, 0.15) is 0 Å². The van der Waals surface area contributed by atoms with E-state index in [4.69, 9.17) is 5.11 Å². The number of aryl methyl sites for hydroxylation is 1. The van der Waals surface area contributed by atoms with E-state index in [1.165, 1.54) is 6.08 Å². The van der Waals surface area contributed by atoms with Crippen molar-refractivity contribution < 1.29 is 14.7 Å². The SMILES string of the molecule is CC/C(=C\C(=O)O)c1ccc2c(c1)CCC(=O)N2C. The second-order valence-corrected chi connectivity index (χ2v) is 4.66. The van der Waals surface area contributed by atoms with E-state index in [1.54, 1.807) is 11.9 Å². The van der Waals surface area contributed by atoms with Gasteiger partial charge in [-0.1, -0.05) is 13.0 Å². The van der Waals surface area contributed by atoms with E-state index in [1.807, 2.05) is 25.1 Å². The van der Waals surface area contributed by atoms with Crippen LogP contribution >= 0.6 is 0 Å². The van der Waals surface area contributed by atoms with Crippen LogP contribution in [0.25, 0.3) is 5.57 Å². The summed E-state index contributed by atoms with van der Waals surface area (Å²) in [4.78, 5) is 24.1. The molecular formula is C15H17NO3. The van der Waals surface area contributed by atoms with Crippen molar-refractivity contribution in [2.75, 3.05) is 11.9 Å². The van der Waals surface area contributed by atoms with Gasteiger partial charge in [-0.15, -0.1) is 0 Å². The van der Waals surface area contributed by atoms with Crippen LogP contribution in [0.5, 0.6) is 0 Å². The van der Waals surface area contributed by atoms with Crippen molar-refractivity contribution in [3.8, 4) is 0 Å². The quantitative estimate of drug-likeness (QED) is 0.848. The van der Waals surface area contributed by atoms with E-state index in [9.17, 15) is 9.59 Å². The van der Waals surface area contributed by atoms with Crippen molar-refractivity contribution in [2.24, 2.45) is 0 Å². The van der Waals surface area contributed by atoms with Crippen LogP contribution in [0.4, 0.5) is 5.69 Å². The van der Waals surface area contributed by atoms with Crippen LogP contribution in [-0.2, 0) is 16.0 Å². The molecule has 1 aliphatic heterocycles. The minimum absolute atomic E-state index is 0.122. The number of rotatable bonds is 3. The minimum atomic E-state index is -0.929. The Kier molecular flexibility index (Phi) is 3.69. The summed E-state index contributed by atoms with van der Waals surface area (Å²) in [5.41, 5.74) is 3.75. The summed E-state index contributed by atoms with van der Waals surface area (Å²) in [5.74, 6) is -0.807. The zero-order chi connectivity index (χ0) is 14.0. The summed E-state index contributed by atoms with van der Waals surface area (Å²) < 4.78 is 0. The number of hydrogen-bond acceptors (Lipinski definition) is 2. The smallest absolute Gasteiger partial charge is 0.328 e. The largest absolute Gasteiger partial charge is 0.478 e. The van der Waals surface area contributed by atoms with E-state index < -0.39 is 5.97 Å². The molecular weight excluding hydrogens is 242 g/mol. The van der Waals surface area contributed by atoms with Gasteiger partial charge in [0.25, 0.3) is 0 Å². The maximum atomic E-state index is 11.6. The van der Waals surface area contributed by atoms with E-state index in [0.717, 1.165) is 28.8 Å². The lowest BCUT2D eigenvalue weighted by Crippen LogP contribution is -2.31. The lowest BCUT2D eigenvalue weighted by Gasteiger charge is -2.26. The first-order valence-corrected chi connectivity index (χ1v) is 6.36. The summed E-state index contributed by atoms with van der Waals surface area (Å²) in [7, 11) is 1.77. The molecule has 19 heavy (non-hydrogen) atoms. The van der Waals surface area contributed by atoms with Crippen molar-refractivity contribution >= 4 is 23.1 Å². The van der Waals surface area contributed by atoms with E-state index in [2.05, 4.69) is 0 Å². The summed E-state index contributed by atoms with van der Waals surface area (Å²) in [6.07, 6.45) is 3.15. The van der Waals surface area contributed by atoms with Crippen LogP contribution in [0.3, 0.4) is 0 Å². The molecule has 2 rings (SSSR count). The minimum Gasteiger partial charge on any atom is -0.478 e. The number of anilines is 1. The monoisotopic (exact) mass is 259 g/mol. The molecule has 1 amide bonds. The first kappa shape index (κ1) is 13.3. The predicted molar refractivity (Wildman–Crippen MR) is 74.1 cm³/mol. The van der Waals surface area contributed by atoms with Crippen LogP contribution < -0.4 is 4.90 Å². The number of carbonyl (C=O) groups is 2. The normalized spacial score (nSPS) is 15.4. The molecule has 0 saturated heterocycles. The highest BCUT2D eigenvalue weighted by molar-refractivity contribution is 5.96. The number of hydrogen-bond donors (Lipinski definition) is 1. The number of carboxylic acids is 1. The van der Waals surface area contributed by atoms with Gasteiger partial charge in [-0.2, -0.15) is 0 Å². The Morgan fingerprint density at radius 2 is 2.16 bits per heavy atom. The highest BCUT2D eigenvalue weighted by Gasteiger charge is 2.21. The molecule has 0 unspecified atom stereocenters. The van der Waals surface area contributed by atoms with Gasteiger partial charge in [0.05, 0.1) is 0 Å². The van der Waals surface area contributed by atoms with E-state index in [0.29, 0.717) is 12.8 Å². The number of amides is 1. The first-order chi connectivity index (χ1) is 9.02. The van der Waals surface area contributed by atoms with Gasteiger partial charge < -0.3 is 10.0 Å². The number of fused-ring (bicyclic) bond motifs is 1. The lowest BCUT2D eigenvalue weighted by atomic mass is 9.95. The standard InChI is InChI=1S/C15H17NO3/c1-3-10(9-15(18)19)11-4-6-13-12(8-11)5-7-14(17)16(13)2/h4,6,8-9H,3,5,7H2,1-2H3,(H,18,19)/b10-9+. The Bertz CT molecular complexity index is 561. The summed E-state index contributed by atoms with van der Waals surface area (Å²) >= 11 is 0. The molecule has 0 radical (unpaired) electrons. The number of carbonyl (C=O) groups excluding carboxylic acids is 1. The third-order valence-electron chi connectivity index (χ3n) is 3.47. The molecule has 0 atom stereocenters. The third-order valence-corrected chi connectivity index (χ3v) is 3.47. The van der Waals surface area contributed by atoms with Crippen molar-refractivity contribution in [1.29, 1.82) is 0 Å². The summed E-state index contributed by atoms with van der Waals surface area (Å²) in [5, 5.41) is 8.86. The third kappa shape index (κ3) is 2.67. The number of carboxylic acid groups (broad SMARTS) is 1.